The normalized spacial score (nSPS) is 10.5. The van der Waals surface area contributed by atoms with Crippen LogP contribution in [0, 0.1) is 0 Å². The molecule has 0 spiro atoms. The SMILES string of the molecule is CCNc1nsnc1-c1nccn1CC. The van der Waals surface area contributed by atoms with E-state index in [4.69, 9.17) is 0 Å². The molecule has 2 heterocycles. The molecule has 0 aliphatic carbocycles. The minimum atomic E-state index is 0.823. The number of nitrogens with one attached hydrogen (secondary N) is 1. The zero-order valence-corrected chi connectivity index (χ0v) is 9.58. The quantitative estimate of drug-likeness (QED) is 0.859. The van der Waals surface area contributed by atoms with Gasteiger partial charge in [0, 0.05) is 25.5 Å². The molecule has 0 aromatic carbocycles. The van der Waals surface area contributed by atoms with Crippen molar-refractivity contribution in [2.45, 2.75) is 20.4 Å². The van der Waals surface area contributed by atoms with Crippen molar-refractivity contribution in [2.24, 2.45) is 0 Å². The number of aryl methyl sites for hydroxylation is 1. The van der Waals surface area contributed by atoms with E-state index in [1.807, 2.05) is 13.1 Å². The lowest BCUT2D eigenvalue weighted by molar-refractivity contribution is 0.769. The van der Waals surface area contributed by atoms with Crippen molar-refractivity contribution in [2.75, 3.05) is 11.9 Å². The van der Waals surface area contributed by atoms with Crippen LogP contribution in [0.5, 0.6) is 0 Å². The molecule has 1 N–H and O–H groups in total. The summed E-state index contributed by atoms with van der Waals surface area (Å²) in [7, 11) is 0. The molecule has 0 saturated carbocycles. The fraction of sp³-hybridized carbons (Fsp3) is 0.444. The van der Waals surface area contributed by atoms with Crippen LogP contribution in [0.3, 0.4) is 0 Å². The first-order valence-corrected chi connectivity index (χ1v) is 5.67. The van der Waals surface area contributed by atoms with E-state index in [0.717, 1.165) is 30.4 Å². The van der Waals surface area contributed by atoms with Crippen molar-refractivity contribution in [3.05, 3.63) is 12.4 Å². The summed E-state index contributed by atoms with van der Waals surface area (Å²) < 4.78 is 10.5. The van der Waals surface area contributed by atoms with Gasteiger partial charge < -0.3 is 9.88 Å². The number of nitrogens with zero attached hydrogens (tertiary/aromatic N) is 4. The highest BCUT2D eigenvalue weighted by atomic mass is 32.1. The second kappa shape index (κ2) is 4.39. The fourth-order valence-corrected chi connectivity index (χ4v) is 1.92. The Balaban J connectivity index is 2.40. The Morgan fingerprint density at radius 2 is 2.27 bits per heavy atom. The second-order valence-electron chi connectivity index (χ2n) is 3.03. The summed E-state index contributed by atoms with van der Waals surface area (Å²) in [5.41, 5.74) is 0.841. The Labute approximate surface area is 92.5 Å². The van der Waals surface area contributed by atoms with Crippen LogP contribution < -0.4 is 5.32 Å². The molecule has 0 bridgehead atoms. The molecule has 2 rings (SSSR count). The van der Waals surface area contributed by atoms with Crippen LogP contribution in [0.2, 0.25) is 0 Å². The monoisotopic (exact) mass is 223 g/mol. The highest BCUT2D eigenvalue weighted by Crippen LogP contribution is 2.23. The van der Waals surface area contributed by atoms with Gasteiger partial charge in [0.15, 0.2) is 17.3 Å². The Kier molecular flexibility index (Phi) is 2.96. The van der Waals surface area contributed by atoms with Crippen molar-refractivity contribution >= 4 is 17.5 Å². The first kappa shape index (κ1) is 10.1. The van der Waals surface area contributed by atoms with Gasteiger partial charge in [-0.05, 0) is 13.8 Å². The van der Waals surface area contributed by atoms with Gasteiger partial charge in [-0.1, -0.05) is 0 Å². The van der Waals surface area contributed by atoms with Crippen molar-refractivity contribution in [1.29, 1.82) is 0 Å². The summed E-state index contributed by atoms with van der Waals surface area (Å²) in [6.07, 6.45) is 3.73. The van der Waals surface area contributed by atoms with Crippen LogP contribution >= 0.6 is 11.7 Å². The fourth-order valence-electron chi connectivity index (χ4n) is 1.40. The summed E-state index contributed by atoms with van der Waals surface area (Å²) in [4.78, 5) is 4.30. The molecule has 0 aliphatic heterocycles. The molecule has 5 nitrogen and oxygen atoms in total. The van der Waals surface area contributed by atoms with Gasteiger partial charge in [-0.15, -0.1) is 0 Å². The third kappa shape index (κ3) is 1.85. The van der Waals surface area contributed by atoms with E-state index in [2.05, 4.69) is 30.5 Å². The highest BCUT2D eigenvalue weighted by Gasteiger charge is 2.14. The zero-order valence-electron chi connectivity index (χ0n) is 8.77. The molecule has 15 heavy (non-hydrogen) atoms. The van der Waals surface area contributed by atoms with Gasteiger partial charge in [-0.2, -0.15) is 8.75 Å². The van der Waals surface area contributed by atoms with Crippen LogP contribution in [-0.2, 0) is 6.54 Å². The molecule has 0 radical (unpaired) electrons. The van der Waals surface area contributed by atoms with Crippen molar-refractivity contribution in [3.8, 4) is 11.5 Å². The minimum absolute atomic E-state index is 0.823. The lowest BCUT2D eigenvalue weighted by Crippen LogP contribution is -2.02. The first-order chi connectivity index (χ1) is 7.36. The van der Waals surface area contributed by atoms with E-state index < -0.39 is 0 Å². The van der Waals surface area contributed by atoms with Crippen LogP contribution in [0.25, 0.3) is 11.5 Å². The predicted octanol–water partition coefficient (Wildman–Crippen LogP) is 1.85. The van der Waals surface area contributed by atoms with Crippen LogP contribution in [-0.4, -0.2) is 24.8 Å². The predicted molar refractivity (Wildman–Crippen MR) is 61.0 cm³/mol. The lowest BCUT2D eigenvalue weighted by atomic mass is 10.4. The van der Waals surface area contributed by atoms with Crippen molar-refractivity contribution in [3.63, 3.8) is 0 Å². The lowest BCUT2D eigenvalue weighted by Gasteiger charge is -2.03. The molecule has 0 saturated heterocycles. The van der Waals surface area contributed by atoms with E-state index in [0.29, 0.717) is 0 Å². The summed E-state index contributed by atoms with van der Waals surface area (Å²) in [6.45, 7) is 5.84. The zero-order chi connectivity index (χ0) is 10.7. The van der Waals surface area contributed by atoms with Crippen molar-refractivity contribution in [1.82, 2.24) is 18.3 Å². The topological polar surface area (TPSA) is 55.6 Å². The molecular weight excluding hydrogens is 210 g/mol. The molecule has 6 heteroatoms. The first-order valence-electron chi connectivity index (χ1n) is 4.94. The molecular formula is C9H13N5S. The summed E-state index contributed by atoms with van der Waals surface area (Å²) >= 11 is 1.21. The number of imidazole rings is 1. The van der Waals surface area contributed by atoms with Crippen LogP contribution in [0.4, 0.5) is 5.82 Å². The third-order valence-corrected chi connectivity index (χ3v) is 2.63. The molecule has 2 aromatic rings. The standard InChI is InChI=1S/C9H13N5S/c1-3-10-8-7(12-15-13-8)9-11-5-6-14(9)4-2/h5-6H,3-4H2,1-2H3,(H,10,13). The summed E-state index contributed by atoms with van der Waals surface area (Å²) in [5.74, 6) is 1.70. The second-order valence-corrected chi connectivity index (χ2v) is 3.56. The molecule has 0 atom stereocenters. The van der Waals surface area contributed by atoms with E-state index in [1.165, 1.54) is 11.7 Å². The van der Waals surface area contributed by atoms with Crippen LogP contribution in [0.15, 0.2) is 12.4 Å². The van der Waals surface area contributed by atoms with Gasteiger partial charge in [-0.25, -0.2) is 4.98 Å². The number of aromatic nitrogens is 4. The maximum atomic E-state index is 4.30. The Morgan fingerprint density at radius 1 is 1.40 bits per heavy atom. The van der Waals surface area contributed by atoms with Gasteiger partial charge >= 0.3 is 0 Å². The van der Waals surface area contributed by atoms with Gasteiger partial charge in [0.2, 0.25) is 0 Å². The Bertz CT molecular complexity index is 433. The minimum Gasteiger partial charge on any atom is -0.368 e. The van der Waals surface area contributed by atoms with Crippen LogP contribution in [0.1, 0.15) is 13.8 Å². The highest BCUT2D eigenvalue weighted by molar-refractivity contribution is 6.99. The largest absolute Gasteiger partial charge is 0.368 e. The number of anilines is 1. The van der Waals surface area contributed by atoms with E-state index in [1.54, 1.807) is 6.20 Å². The molecule has 80 valence electrons. The molecule has 0 unspecified atom stereocenters. The molecule has 0 aliphatic rings. The average Bonchev–Trinajstić information content (AvgIpc) is 2.84. The van der Waals surface area contributed by atoms with E-state index in [9.17, 15) is 0 Å². The van der Waals surface area contributed by atoms with E-state index in [-0.39, 0.29) is 0 Å². The summed E-state index contributed by atoms with van der Waals surface area (Å²) in [5, 5.41) is 3.18. The van der Waals surface area contributed by atoms with E-state index >= 15 is 0 Å². The number of hydrogen-bond donors (Lipinski definition) is 1. The smallest absolute Gasteiger partial charge is 0.171 e. The van der Waals surface area contributed by atoms with Gasteiger partial charge in [0.25, 0.3) is 0 Å². The molecule has 0 fully saturated rings. The van der Waals surface area contributed by atoms with Gasteiger partial charge in [0.1, 0.15) is 0 Å². The summed E-state index contributed by atoms with van der Waals surface area (Å²) in [6, 6.07) is 0. The maximum absolute atomic E-state index is 4.30. The van der Waals surface area contributed by atoms with Gasteiger partial charge in [-0.3, -0.25) is 0 Å². The Morgan fingerprint density at radius 3 is 3.00 bits per heavy atom. The number of hydrogen-bond acceptors (Lipinski definition) is 5. The number of rotatable bonds is 4. The average molecular weight is 223 g/mol. The Hall–Kier alpha value is -1.43. The van der Waals surface area contributed by atoms with Gasteiger partial charge in [0.05, 0.1) is 11.7 Å². The molecule has 0 amide bonds. The molecule has 2 aromatic heterocycles. The third-order valence-electron chi connectivity index (χ3n) is 2.10. The van der Waals surface area contributed by atoms with Crippen molar-refractivity contribution < 1.29 is 0 Å². The maximum Gasteiger partial charge on any atom is 0.171 e.